The summed E-state index contributed by atoms with van der Waals surface area (Å²) in [6.07, 6.45) is 4.11. The Labute approximate surface area is 148 Å². The van der Waals surface area contributed by atoms with Gasteiger partial charge in [-0.15, -0.1) is 0 Å². The summed E-state index contributed by atoms with van der Waals surface area (Å²) in [7, 11) is -3.39. The molecular weight excluding hydrogens is 338 g/mol. The van der Waals surface area contributed by atoms with Crippen molar-refractivity contribution in [2.24, 2.45) is 0 Å². The summed E-state index contributed by atoms with van der Waals surface area (Å²) < 4.78 is 32.0. The van der Waals surface area contributed by atoms with Gasteiger partial charge < -0.3 is 10.1 Å². The van der Waals surface area contributed by atoms with E-state index in [0.717, 1.165) is 25.0 Å². The molecule has 1 saturated heterocycles. The third-order valence-electron chi connectivity index (χ3n) is 4.08. The van der Waals surface area contributed by atoms with Gasteiger partial charge in [-0.2, -0.15) is 4.31 Å². The van der Waals surface area contributed by atoms with E-state index in [9.17, 15) is 8.42 Å². The molecule has 0 radical (unpaired) electrons. The highest BCUT2D eigenvalue weighted by molar-refractivity contribution is 7.89. The van der Waals surface area contributed by atoms with E-state index < -0.39 is 10.0 Å². The summed E-state index contributed by atoms with van der Waals surface area (Å²) in [5.41, 5.74) is 0. The van der Waals surface area contributed by atoms with Crippen molar-refractivity contribution in [2.45, 2.75) is 24.2 Å². The van der Waals surface area contributed by atoms with Gasteiger partial charge >= 0.3 is 0 Å². The highest BCUT2D eigenvalue weighted by atomic mass is 32.2. The lowest BCUT2D eigenvalue weighted by molar-refractivity contribution is 0.315. The van der Waals surface area contributed by atoms with E-state index in [4.69, 9.17) is 4.74 Å². The number of benzene rings is 1. The van der Waals surface area contributed by atoms with E-state index >= 15 is 0 Å². The van der Waals surface area contributed by atoms with Crippen LogP contribution in [0.3, 0.4) is 0 Å². The van der Waals surface area contributed by atoms with Crippen LogP contribution >= 0.6 is 0 Å². The molecule has 1 N–H and O–H groups in total. The fraction of sp³-hybridized carbons (Fsp3) is 0.389. The summed E-state index contributed by atoms with van der Waals surface area (Å²) >= 11 is 0. The number of rotatable bonds is 8. The molecule has 0 atom stereocenters. The second-order valence-corrected chi connectivity index (χ2v) is 7.87. The highest BCUT2D eigenvalue weighted by Crippen LogP contribution is 2.20. The van der Waals surface area contributed by atoms with Crippen LogP contribution in [0.2, 0.25) is 0 Å². The molecule has 25 heavy (non-hydrogen) atoms. The SMILES string of the molecule is O=S(=O)(c1ccc(NCCCOc2ccccc2)nc1)N1CCCC1. The van der Waals surface area contributed by atoms with Crippen LogP contribution in [0, 0.1) is 0 Å². The third-order valence-corrected chi connectivity index (χ3v) is 5.96. The van der Waals surface area contributed by atoms with Crippen LogP contribution in [-0.2, 0) is 10.0 Å². The summed E-state index contributed by atoms with van der Waals surface area (Å²) in [6, 6.07) is 13.0. The molecule has 1 aliphatic rings. The van der Waals surface area contributed by atoms with Crippen LogP contribution in [-0.4, -0.2) is 43.9 Å². The summed E-state index contributed by atoms with van der Waals surface area (Å²) in [5.74, 6) is 1.53. The molecule has 134 valence electrons. The first kappa shape index (κ1) is 17.7. The van der Waals surface area contributed by atoms with Gasteiger partial charge in [0.1, 0.15) is 16.5 Å². The van der Waals surface area contributed by atoms with Crippen LogP contribution in [0.5, 0.6) is 5.75 Å². The zero-order valence-electron chi connectivity index (χ0n) is 14.1. The zero-order valence-corrected chi connectivity index (χ0v) is 14.9. The first-order chi connectivity index (χ1) is 12.2. The Morgan fingerprint density at radius 1 is 1.08 bits per heavy atom. The number of hydrogen-bond donors (Lipinski definition) is 1. The molecule has 0 unspecified atom stereocenters. The minimum Gasteiger partial charge on any atom is -0.494 e. The first-order valence-electron chi connectivity index (χ1n) is 8.54. The Hall–Kier alpha value is -2.12. The number of aromatic nitrogens is 1. The molecule has 6 nitrogen and oxygen atoms in total. The van der Waals surface area contributed by atoms with Crippen molar-refractivity contribution in [1.29, 1.82) is 0 Å². The van der Waals surface area contributed by atoms with Gasteiger partial charge in [-0.25, -0.2) is 13.4 Å². The standard InChI is InChI=1S/C18H23N3O3S/c22-25(23,21-12-4-5-13-21)17-9-10-18(20-15-17)19-11-6-14-24-16-7-2-1-3-8-16/h1-3,7-10,15H,4-6,11-14H2,(H,19,20). The Balaban J connectivity index is 1.45. The molecule has 0 saturated carbocycles. The molecule has 0 amide bonds. The predicted molar refractivity (Wildman–Crippen MR) is 97.3 cm³/mol. The second-order valence-electron chi connectivity index (χ2n) is 5.93. The molecule has 0 aliphatic carbocycles. The molecule has 3 rings (SSSR count). The highest BCUT2D eigenvalue weighted by Gasteiger charge is 2.27. The molecular formula is C18H23N3O3S. The van der Waals surface area contributed by atoms with Crippen molar-refractivity contribution < 1.29 is 13.2 Å². The number of anilines is 1. The lowest BCUT2D eigenvalue weighted by atomic mass is 10.3. The number of pyridine rings is 1. The van der Waals surface area contributed by atoms with E-state index in [-0.39, 0.29) is 4.90 Å². The van der Waals surface area contributed by atoms with Gasteiger partial charge in [0.05, 0.1) is 6.61 Å². The monoisotopic (exact) mass is 361 g/mol. The summed E-state index contributed by atoms with van der Waals surface area (Å²) in [6.45, 7) is 2.52. The fourth-order valence-corrected chi connectivity index (χ4v) is 4.17. The normalized spacial score (nSPS) is 15.2. The quantitative estimate of drug-likeness (QED) is 0.732. The van der Waals surface area contributed by atoms with E-state index in [1.165, 1.54) is 10.5 Å². The second kappa shape index (κ2) is 8.31. The van der Waals surface area contributed by atoms with Crippen LogP contribution in [0.1, 0.15) is 19.3 Å². The van der Waals surface area contributed by atoms with Crippen LogP contribution < -0.4 is 10.1 Å². The minimum atomic E-state index is -3.39. The van der Waals surface area contributed by atoms with Crippen molar-refractivity contribution in [1.82, 2.24) is 9.29 Å². The lowest BCUT2D eigenvalue weighted by Crippen LogP contribution is -2.27. The zero-order chi connectivity index (χ0) is 17.5. The van der Waals surface area contributed by atoms with Crippen molar-refractivity contribution in [3.63, 3.8) is 0 Å². The molecule has 1 aliphatic heterocycles. The Bertz CT molecular complexity index is 758. The number of nitrogens with one attached hydrogen (secondary N) is 1. The summed E-state index contributed by atoms with van der Waals surface area (Å²) in [4.78, 5) is 4.47. The van der Waals surface area contributed by atoms with E-state index in [2.05, 4.69) is 10.3 Å². The molecule has 0 bridgehead atoms. The Morgan fingerprint density at radius 2 is 1.84 bits per heavy atom. The number of hydrogen-bond acceptors (Lipinski definition) is 5. The molecule has 7 heteroatoms. The van der Waals surface area contributed by atoms with Crippen molar-refractivity contribution in [3.05, 3.63) is 48.7 Å². The lowest BCUT2D eigenvalue weighted by Gasteiger charge is -2.15. The van der Waals surface area contributed by atoms with Gasteiger partial charge in [0.2, 0.25) is 10.0 Å². The first-order valence-corrected chi connectivity index (χ1v) is 9.98. The largest absolute Gasteiger partial charge is 0.494 e. The predicted octanol–water partition coefficient (Wildman–Crippen LogP) is 2.75. The van der Waals surface area contributed by atoms with Crippen LogP contribution in [0.4, 0.5) is 5.82 Å². The number of sulfonamides is 1. The van der Waals surface area contributed by atoms with Crippen molar-refractivity contribution in [2.75, 3.05) is 31.6 Å². The van der Waals surface area contributed by atoms with Crippen molar-refractivity contribution in [3.8, 4) is 5.75 Å². The van der Waals surface area contributed by atoms with Gasteiger partial charge in [0.15, 0.2) is 0 Å². The fourth-order valence-electron chi connectivity index (χ4n) is 2.71. The average Bonchev–Trinajstić information content (AvgIpc) is 3.18. The Kier molecular flexibility index (Phi) is 5.88. The maximum atomic E-state index is 12.4. The number of ether oxygens (including phenoxy) is 1. The van der Waals surface area contributed by atoms with Crippen LogP contribution in [0.15, 0.2) is 53.6 Å². The molecule has 1 aromatic carbocycles. The number of nitrogens with zero attached hydrogens (tertiary/aromatic N) is 2. The topological polar surface area (TPSA) is 71.5 Å². The maximum absolute atomic E-state index is 12.4. The van der Waals surface area contributed by atoms with Crippen LogP contribution in [0.25, 0.3) is 0 Å². The minimum absolute atomic E-state index is 0.257. The third kappa shape index (κ3) is 4.70. The average molecular weight is 361 g/mol. The molecule has 1 fully saturated rings. The van der Waals surface area contributed by atoms with Crippen molar-refractivity contribution >= 4 is 15.8 Å². The van der Waals surface area contributed by atoms with Gasteiger partial charge in [-0.3, -0.25) is 0 Å². The number of para-hydroxylation sites is 1. The summed E-state index contributed by atoms with van der Waals surface area (Å²) in [5, 5.41) is 3.18. The molecule has 1 aromatic heterocycles. The maximum Gasteiger partial charge on any atom is 0.244 e. The van der Waals surface area contributed by atoms with E-state index in [1.54, 1.807) is 12.1 Å². The molecule has 0 spiro atoms. The van der Waals surface area contributed by atoms with E-state index in [1.807, 2.05) is 30.3 Å². The van der Waals surface area contributed by atoms with E-state index in [0.29, 0.717) is 32.1 Å². The molecule has 2 aromatic rings. The van der Waals surface area contributed by atoms with Gasteiger partial charge in [0, 0.05) is 25.8 Å². The van der Waals surface area contributed by atoms with Gasteiger partial charge in [0.25, 0.3) is 0 Å². The molecule has 2 heterocycles. The van der Waals surface area contributed by atoms with Gasteiger partial charge in [-0.05, 0) is 43.5 Å². The Morgan fingerprint density at radius 3 is 2.52 bits per heavy atom. The van der Waals surface area contributed by atoms with Gasteiger partial charge in [-0.1, -0.05) is 18.2 Å². The smallest absolute Gasteiger partial charge is 0.244 e.